The first-order valence-electron chi connectivity index (χ1n) is 5.65. The number of anilines is 2. The van der Waals surface area contributed by atoms with Crippen LogP contribution in [0.5, 0.6) is 0 Å². The number of rotatable bonds is 3. The van der Waals surface area contributed by atoms with Gasteiger partial charge in [0.15, 0.2) is 11.5 Å². The lowest BCUT2D eigenvalue weighted by Crippen LogP contribution is -2.05. The maximum absolute atomic E-state index is 9.13. The lowest BCUT2D eigenvalue weighted by molar-refractivity contribution is 0.269. The van der Waals surface area contributed by atoms with Crippen LogP contribution in [0, 0.1) is 11.8 Å². The molecule has 1 aliphatic rings. The maximum Gasteiger partial charge on any atom is 0.224 e. The van der Waals surface area contributed by atoms with E-state index in [-0.39, 0.29) is 30.2 Å². The molecule has 0 radical (unpaired) electrons. The third-order valence-electron chi connectivity index (χ3n) is 3.43. The molecular weight excluding hydrogens is 232 g/mol. The van der Waals surface area contributed by atoms with Crippen LogP contribution in [0.1, 0.15) is 0 Å². The number of aliphatic hydroxyl groups is 1. The molecule has 18 heavy (non-hydrogen) atoms. The van der Waals surface area contributed by atoms with Crippen molar-refractivity contribution in [1.82, 2.24) is 19.5 Å². The van der Waals surface area contributed by atoms with Crippen molar-refractivity contribution in [2.45, 2.75) is 6.54 Å². The molecule has 0 unspecified atom stereocenters. The Morgan fingerprint density at radius 1 is 1.33 bits per heavy atom. The number of aromatic nitrogens is 4. The molecule has 1 saturated carbocycles. The second-order valence-electron chi connectivity index (χ2n) is 4.51. The van der Waals surface area contributed by atoms with Gasteiger partial charge in [-0.3, -0.25) is 0 Å². The van der Waals surface area contributed by atoms with Gasteiger partial charge >= 0.3 is 0 Å². The van der Waals surface area contributed by atoms with Crippen LogP contribution in [0.3, 0.4) is 0 Å². The van der Waals surface area contributed by atoms with Crippen LogP contribution in [-0.4, -0.2) is 31.2 Å². The Hall–Kier alpha value is -2.15. The minimum Gasteiger partial charge on any atom is -0.396 e. The molecule has 7 heteroatoms. The number of nitrogen functional groups attached to an aromatic ring is 2. The molecule has 0 amide bonds. The lowest BCUT2D eigenvalue weighted by atomic mass is 10.3. The second-order valence-corrected chi connectivity index (χ2v) is 4.51. The Morgan fingerprint density at radius 2 is 2.11 bits per heavy atom. The summed E-state index contributed by atoms with van der Waals surface area (Å²) in [7, 11) is 0. The normalized spacial score (nSPS) is 22.6. The van der Waals surface area contributed by atoms with Crippen molar-refractivity contribution in [2.24, 2.45) is 11.8 Å². The van der Waals surface area contributed by atoms with Crippen molar-refractivity contribution in [1.29, 1.82) is 0 Å². The molecule has 2 aromatic rings. The predicted octanol–water partition coefficient (Wildman–Crippen LogP) is -0.215. The SMILES string of the molecule is C=C1[C@H](CO)[C@H]1Cn1cnc2c(N)nc(N)nc21. The first-order chi connectivity index (χ1) is 8.61. The van der Waals surface area contributed by atoms with Gasteiger partial charge in [0.25, 0.3) is 0 Å². The van der Waals surface area contributed by atoms with Gasteiger partial charge in [-0.15, -0.1) is 0 Å². The smallest absolute Gasteiger partial charge is 0.224 e. The quantitative estimate of drug-likeness (QED) is 0.645. The molecule has 0 bridgehead atoms. The van der Waals surface area contributed by atoms with E-state index < -0.39 is 0 Å². The number of aliphatic hydroxyl groups excluding tert-OH is 1. The summed E-state index contributed by atoms with van der Waals surface area (Å²) in [6.45, 7) is 4.73. The number of hydrogen-bond acceptors (Lipinski definition) is 6. The van der Waals surface area contributed by atoms with Gasteiger partial charge in [0.05, 0.1) is 12.9 Å². The molecule has 0 aliphatic heterocycles. The van der Waals surface area contributed by atoms with Crippen LogP contribution >= 0.6 is 0 Å². The van der Waals surface area contributed by atoms with Crippen molar-refractivity contribution in [3.05, 3.63) is 18.5 Å². The molecule has 1 aliphatic carbocycles. The molecule has 0 saturated heterocycles. The molecule has 0 aromatic carbocycles. The van der Waals surface area contributed by atoms with Crippen molar-refractivity contribution in [3.8, 4) is 0 Å². The Balaban J connectivity index is 1.96. The van der Waals surface area contributed by atoms with E-state index in [0.717, 1.165) is 5.57 Å². The summed E-state index contributed by atoms with van der Waals surface area (Å²) >= 11 is 0. The monoisotopic (exact) mass is 246 g/mol. The van der Waals surface area contributed by atoms with E-state index in [1.54, 1.807) is 6.33 Å². The summed E-state index contributed by atoms with van der Waals surface area (Å²) in [6, 6.07) is 0. The highest BCUT2D eigenvalue weighted by molar-refractivity contribution is 5.82. The minimum atomic E-state index is 0.134. The third-order valence-corrected chi connectivity index (χ3v) is 3.43. The van der Waals surface area contributed by atoms with Crippen LogP contribution in [0.15, 0.2) is 18.5 Å². The molecule has 0 spiro atoms. The summed E-state index contributed by atoms with van der Waals surface area (Å²) in [4.78, 5) is 12.2. The molecule has 7 nitrogen and oxygen atoms in total. The Kier molecular flexibility index (Phi) is 2.24. The first kappa shape index (κ1) is 11.0. The van der Waals surface area contributed by atoms with Gasteiger partial charge in [-0.2, -0.15) is 9.97 Å². The largest absolute Gasteiger partial charge is 0.396 e. The highest BCUT2D eigenvalue weighted by Gasteiger charge is 2.41. The Morgan fingerprint density at radius 3 is 2.78 bits per heavy atom. The van der Waals surface area contributed by atoms with Crippen molar-refractivity contribution >= 4 is 22.9 Å². The van der Waals surface area contributed by atoms with Crippen LogP contribution in [-0.2, 0) is 6.54 Å². The van der Waals surface area contributed by atoms with E-state index in [1.807, 2.05) is 4.57 Å². The van der Waals surface area contributed by atoms with Gasteiger partial charge < -0.3 is 21.1 Å². The molecule has 1 fully saturated rings. The van der Waals surface area contributed by atoms with Gasteiger partial charge in [-0.25, -0.2) is 4.98 Å². The summed E-state index contributed by atoms with van der Waals surface area (Å²) in [5.41, 5.74) is 13.5. The zero-order valence-electron chi connectivity index (χ0n) is 9.74. The fourth-order valence-corrected chi connectivity index (χ4v) is 2.26. The number of nitrogens with two attached hydrogens (primary N) is 2. The van der Waals surface area contributed by atoms with Gasteiger partial charge in [0.1, 0.15) is 5.52 Å². The van der Waals surface area contributed by atoms with Crippen LogP contribution in [0.25, 0.3) is 11.2 Å². The van der Waals surface area contributed by atoms with Gasteiger partial charge in [0, 0.05) is 18.4 Å². The van der Waals surface area contributed by atoms with Crippen LogP contribution < -0.4 is 11.5 Å². The fourth-order valence-electron chi connectivity index (χ4n) is 2.26. The van der Waals surface area contributed by atoms with E-state index in [0.29, 0.717) is 17.7 Å². The second kappa shape index (κ2) is 3.67. The molecule has 5 N–H and O–H groups in total. The summed E-state index contributed by atoms with van der Waals surface area (Å²) < 4.78 is 1.87. The third kappa shape index (κ3) is 1.52. The molecule has 2 aromatic heterocycles. The van der Waals surface area contributed by atoms with E-state index >= 15 is 0 Å². The fraction of sp³-hybridized carbons (Fsp3) is 0.364. The molecular formula is C11H14N6O. The standard InChI is InChI=1S/C11H14N6O/c1-5-6(7(5)3-18)2-17-4-14-8-9(12)15-11(13)16-10(8)17/h4,6-7,18H,1-3H2,(H4,12,13,15,16)/t6-,7-/m0/s1. The number of nitrogens with zero attached hydrogens (tertiary/aromatic N) is 4. The minimum absolute atomic E-state index is 0.134. The van der Waals surface area contributed by atoms with E-state index in [1.165, 1.54) is 0 Å². The molecule has 3 rings (SSSR count). The summed E-state index contributed by atoms with van der Waals surface area (Å²) in [5.74, 6) is 0.864. The number of hydrogen-bond donors (Lipinski definition) is 3. The van der Waals surface area contributed by atoms with Crippen molar-refractivity contribution < 1.29 is 5.11 Å². The summed E-state index contributed by atoms with van der Waals surface area (Å²) in [6.07, 6.45) is 1.66. The van der Waals surface area contributed by atoms with Gasteiger partial charge in [-0.05, 0) is 0 Å². The van der Waals surface area contributed by atoms with E-state index in [9.17, 15) is 0 Å². The lowest BCUT2D eigenvalue weighted by Gasteiger charge is -2.03. The molecule has 2 heterocycles. The maximum atomic E-state index is 9.13. The van der Waals surface area contributed by atoms with Gasteiger partial charge in [-0.1, -0.05) is 12.2 Å². The first-order valence-corrected chi connectivity index (χ1v) is 5.65. The Labute approximate surface area is 103 Å². The van der Waals surface area contributed by atoms with Crippen LogP contribution in [0.2, 0.25) is 0 Å². The van der Waals surface area contributed by atoms with Crippen LogP contribution in [0.4, 0.5) is 11.8 Å². The van der Waals surface area contributed by atoms with E-state index in [2.05, 4.69) is 21.5 Å². The highest BCUT2D eigenvalue weighted by atomic mass is 16.3. The van der Waals surface area contributed by atoms with E-state index in [4.69, 9.17) is 16.6 Å². The average molecular weight is 246 g/mol. The highest BCUT2D eigenvalue weighted by Crippen LogP contribution is 2.45. The summed E-state index contributed by atoms with van der Waals surface area (Å²) in [5, 5.41) is 9.13. The average Bonchev–Trinajstić information content (AvgIpc) is 2.75. The number of fused-ring (bicyclic) bond motifs is 1. The van der Waals surface area contributed by atoms with Crippen molar-refractivity contribution in [3.63, 3.8) is 0 Å². The zero-order chi connectivity index (χ0) is 12.9. The Bertz CT molecular complexity index is 634. The van der Waals surface area contributed by atoms with Crippen molar-refractivity contribution in [2.75, 3.05) is 18.1 Å². The topological polar surface area (TPSA) is 116 Å². The number of imidazole rings is 1. The predicted molar refractivity (Wildman–Crippen MR) is 67.4 cm³/mol. The zero-order valence-corrected chi connectivity index (χ0v) is 9.74. The molecule has 2 atom stereocenters. The van der Waals surface area contributed by atoms with Gasteiger partial charge in [0.2, 0.25) is 5.95 Å². The molecule has 94 valence electrons.